The van der Waals surface area contributed by atoms with E-state index in [1.54, 1.807) is 12.1 Å². The van der Waals surface area contributed by atoms with Crippen molar-refractivity contribution in [2.24, 2.45) is 5.73 Å². The number of hydrogen-bond donors (Lipinski definition) is 2. The molecule has 2 rings (SSSR count). The molecule has 0 saturated heterocycles. The highest BCUT2D eigenvalue weighted by Crippen LogP contribution is 2.21. The van der Waals surface area contributed by atoms with Crippen molar-refractivity contribution in [1.29, 1.82) is 0 Å². The summed E-state index contributed by atoms with van der Waals surface area (Å²) in [7, 11) is 0. The normalized spacial score (nSPS) is 10.7. The van der Waals surface area contributed by atoms with Crippen LogP contribution in [-0.4, -0.2) is 26.8 Å². The maximum Gasteiger partial charge on any atom is 0.251 e. The van der Waals surface area contributed by atoms with Crippen LogP contribution in [0.25, 0.3) is 5.82 Å². The third kappa shape index (κ3) is 2.82. The summed E-state index contributed by atoms with van der Waals surface area (Å²) in [5.41, 5.74) is 11.7. The Morgan fingerprint density at radius 1 is 1.42 bits per heavy atom. The molecule has 0 unspecified atom stereocenters. The third-order valence-electron chi connectivity index (χ3n) is 2.32. The summed E-state index contributed by atoms with van der Waals surface area (Å²) in [4.78, 5) is 15.3. The number of anilines is 1. The van der Waals surface area contributed by atoms with E-state index < -0.39 is 5.91 Å². The van der Waals surface area contributed by atoms with Crippen molar-refractivity contribution >= 4 is 11.6 Å². The molecule has 0 saturated carbocycles. The molecular formula is C12H15N5O2. The lowest BCUT2D eigenvalue weighted by Crippen LogP contribution is -2.11. The molecule has 0 spiro atoms. The quantitative estimate of drug-likeness (QED) is 0.843. The number of pyridine rings is 1. The lowest BCUT2D eigenvalue weighted by Gasteiger charge is -2.11. The second-order valence-electron chi connectivity index (χ2n) is 4.27. The van der Waals surface area contributed by atoms with E-state index in [0.29, 0.717) is 22.9 Å². The highest BCUT2D eigenvalue weighted by molar-refractivity contribution is 5.92. The minimum absolute atomic E-state index is 0.0381. The molecule has 0 radical (unpaired) electrons. The predicted molar refractivity (Wildman–Crippen MR) is 70.1 cm³/mol. The minimum Gasteiger partial charge on any atom is -0.473 e. The van der Waals surface area contributed by atoms with Crippen LogP contribution in [0.15, 0.2) is 24.5 Å². The van der Waals surface area contributed by atoms with Crippen molar-refractivity contribution in [3.63, 3.8) is 0 Å². The first kappa shape index (κ1) is 12.9. The molecule has 0 fully saturated rings. The second-order valence-corrected chi connectivity index (χ2v) is 4.27. The van der Waals surface area contributed by atoms with E-state index in [1.165, 1.54) is 17.1 Å². The minimum atomic E-state index is -0.541. The number of rotatable bonds is 4. The van der Waals surface area contributed by atoms with Crippen LogP contribution in [0.4, 0.5) is 5.69 Å². The fraction of sp³-hybridized carbons (Fsp3) is 0.250. The van der Waals surface area contributed by atoms with Crippen LogP contribution in [0.3, 0.4) is 0 Å². The average Bonchev–Trinajstić information content (AvgIpc) is 2.81. The molecule has 1 amide bonds. The molecule has 0 aliphatic rings. The lowest BCUT2D eigenvalue weighted by atomic mass is 10.3. The van der Waals surface area contributed by atoms with Crippen molar-refractivity contribution in [3.8, 4) is 11.7 Å². The van der Waals surface area contributed by atoms with Gasteiger partial charge in [-0.05, 0) is 26.0 Å². The molecule has 4 N–H and O–H groups in total. The van der Waals surface area contributed by atoms with E-state index in [0.717, 1.165) is 0 Å². The zero-order valence-electron chi connectivity index (χ0n) is 10.7. The summed E-state index contributed by atoms with van der Waals surface area (Å²) in [6, 6.07) is 3.35. The van der Waals surface area contributed by atoms with Crippen molar-refractivity contribution in [2.75, 3.05) is 5.73 Å². The van der Waals surface area contributed by atoms with Crippen LogP contribution in [0.2, 0.25) is 0 Å². The van der Waals surface area contributed by atoms with E-state index in [4.69, 9.17) is 16.2 Å². The highest BCUT2D eigenvalue weighted by atomic mass is 16.5. The zero-order chi connectivity index (χ0) is 14.0. The van der Waals surface area contributed by atoms with E-state index >= 15 is 0 Å². The maximum absolute atomic E-state index is 11.0. The van der Waals surface area contributed by atoms with Crippen LogP contribution in [-0.2, 0) is 0 Å². The second kappa shape index (κ2) is 4.97. The number of carbonyl (C=O) groups is 1. The molecule has 2 heterocycles. The smallest absolute Gasteiger partial charge is 0.251 e. The molecule has 0 aliphatic heterocycles. The monoisotopic (exact) mass is 261 g/mol. The number of nitrogens with zero attached hydrogens (tertiary/aromatic N) is 3. The summed E-state index contributed by atoms with van der Waals surface area (Å²) in [5, 5.41) is 4.01. The van der Waals surface area contributed by atoms with Gasteiger partial charge in [0.25, 0.3) is 5.91 Å². The molecule has 0 aliphatic carbocycles. The van der Waals surface area contributed by atoms with Crippen LogP contribution in [0.1, 0.15) is 24.2 Å². The van der Waals surface area contributed by atoms with Gasteiger partial charge in [0.2, 0.25) is 5.88 Å². The molecule has 100 valence electrons. The summed E-state index contributed by atoms with van der Waals surface area (Å²) in [6.07, 6.45) is 2.84. The van der Waals surface area contributed by atoms with Crippen molar-refractivity contribution in [1.82, 2.24) is 14.8 Å². The Kier molecular flexibility index (Phi) is 3.37. The van der Waals surface area contributed by atoms with Gasteiger partial charge in [-0.15, -0.1) is 0 Å². The van der Waals surface area contributed by atoms with Crippen molar-refractivity contribution in [3.05, 3.63) is 30.1 Å². The van der Waals surface area contributed by atoms with E-state index in [2.05, 4.69) is 10.1 Å². The van der Waals surface area contributed by atoms with Gasteiger partial charge in [-0.3, -0.25) is 4.79 Å². The van der Waals surface area contributed by atoms with Gasteiger partial charge in [-0.25, -0.2) is 4.68 Å². The Balaban J connectivity index is 2.36. The SMILES string of the molecule is CC(C)Oc1nc(-n2cc(C(N)=O)cn2)ccc1N. The van der Waals surface area contributed by atoms with Gasteiger partial charge in [0, 0.05) is 6.20 Å². The molecule has 0 aromatic carbocycles. The van der Waals surface area contributed by atoms with E-state index in [1.807, 2.05) is 13.8 Å². The van der Waals surface area contributed by atoms with Crippen molar-refractivity contribution < 1.29 is 9.53 Å². The van der Waals surface area contributed by atoms with Gasteiger partial charge in [-0.2, -0.15) is 10.1 Å². The van der Waals surface area contributed by atoms with E-state index in [9.17, 15) is 4.79 Å². The summed E-state index contributed by atoms with van der Waals surface area (Å²) in [6.45, 7) is 3.76. The molecule has 19 heavy (non-hydrogen) atoms. The Labute approximate surface area is 110 Å². The molecule has 2 aromatic heterocycles. The Morgan fingerprint density at radius 3 is 2.74 bits per heavy atom. The summed E-state index contributed by atoms with van der Waals surface area (Å²) in [5.74, 6) is 0.293. The first-order valence-electron chi connectivity index (χ1n) is 5.75. The molecular weight excluding hydrogens is 246 g/mol. The fourth-order valence-electron chi connectivity index (χ4n) is 1.46. The molecule has 0 atom stereocenters. The number of ether oxygens (including phenoxy) is 1. The van der Waals surface area contributed by atoms with Gasteiger partial charge in [0.05, 0.1) is 23.6 Å². The Morgan fingerprint density at radius 2 is 2.16 bits per heavy atom. The number of nitrogen functional groups attached to an aromatic ring is 1. The fourth-order valence-corrected chi connectivity index (χ4v) is 1.46. The van der Waals surface area contributed by atoms with Crippen LogP contribution < -0.4 is 16.2 Å². The molecule has 2 aromatic rings. The van der Waals surface area contributed by atoms with Gasteiger partial charge in [0.15, 0.2) is 5.82 Å². The zero-order valence-corrected chi connectivity index (χ0v) is 10.7. The summed E-state index contributed by atoms with van der Waals surface area (Å²) < 4.78 is 6.93. The number of carbonyl (C=O) groups excluding carboxylic acids is 1. The Hall–Kier alpha value is -2.57. The van der Waals surface area contributed by atoms with Gasteiger partial charge < -0.3 is 16.2 Å². The largest absolute Gasteiger partial charge is 0.473 e. The topological polar surface area (TPSA) is 109 Å². The van der Waals surface area contributed by atoms with Gasteiger partial charge >= 0.3 is 0 Å². The lowest BCUT2D eigenvalue weighted by molar-refractivity contribution is 0.100. The average molecular weight is 261 g/mol. The van der Waals surface area contributed by atoms with Crippen molar-refractivity contribution in [2.45, 2.75) is 20.0 Å². The predicted octanol–water partition coefficient (Wildman–Crippen LogP) is 0.736. The molecule has 7 nitrogen and oxygen atoms in total. The van der Waals surface area contributed by atoms with Crippen LogP contribution in [0, 0.1) is 0 Å². The summed E-state index contributed by atoms with van der Waals surface area (Å²) >= 11 is 0. The third-order valence-corrected chi connectivity index (χ3v) is 2.32. The number of nitrogens with two attached hydrogens (primary N) is 2. The van der Waals surface area contributed by atoms with Crippen LogP contribution >= 0.6 is 0 Å². The standard InChI is InChI=1S/C12H15N5O2/c1-7(2)19-12-9(13)3-4-10(16-12)17-6-8(5-15-17)11(14)18/h3-7H,13H2,1-2H3,(H2,14,18). The Bertz CT molecular complexity index is 606. The van der Waals surface area contributed by atoms with Crippen LogP contribution in [0.5, 0.6) is 5.88 Å². The molecule has 7 heteroatoms. The number of aromatic nitrogens is 3. The number of primary amides is 1. The molecule has 0 bridgehead atoms. The van der Waals surface area contributed by atoms with Gasteiger partial charge in [0.1, 0.15) is 0 Å². The van der Waals surface area contributed by atoms with E-state index in [-0.39, 0.29) is 6.10 Å². The first-order valence-corrected chi connectivity index (χ1v) is 5.75. The number of hydrogen-bond acceptors (Lipinski definition) is 5. The van der Waals surface area contributed by atoms with Gasteiger partial charge in [-0.1, -0.05) is 0 Å². The first-order chi connectivity index (χ1) is 8.97. The maximum atomic E-state index is 11.0. The highest BCUT2D eigenvalue weighted by Gasteiger charge is 2.10. The number of amides is 1.